The van der Waals surface area contributed by atoms with E-state index >= 15 is 0 Å². The molecule has 1 unspecified atom stereocenters. The van der Waals surface area contributed by atoms with Gasteiger partial charge in [0.25, 0.3) is 0 Å². The quantitative estimate of drug-likeness (QED) is 0.807. The molecule has 0 fully saturated rings. The fourth-order valence-electron chi connectivity index (χ4n) is 2.22. The lowest BCUT2D eigenvalue weighted by molar-refractivity contribution is -0.120. The summed E-state index contributed by atoms with van der Waals surface area (Å²) in [5.74, 6) is 0.0171. The van der Waals surface area contributed by atoms with Crippen LogP contribution < -0.4 is 5.32 Å². The van der Waals surface area contributed by atoms with Gasteiger partial charge in [-0.25, -0.2) is 0 Å². The summed E-state index contributed by atoms with van der Waals surface area (Å²) in [6, 6.07) is 2.34. The van der Waals surface area contributed by atoms with Crippen LogP contribution in [0.5, 0.6) is 0 Å². The van der Waals surface area contributed by atoms with Crippen LogP contribution in [0.3, 0.4) is 0 Å². The minimum atomic E-state index is -0.187. The number of aromatic amines is 1. The molecule has 18 heavy (non-hydrogen) atoms. The number of nitrogens with one attached hydrogen (secondary N) is 2. The van der Waals surface area contributed by atoms with Crippen LogP contribution in [-0.2, 0) is 11.3 Å². The van der Waals surface area contributed by atoms with Gasteiger partial charge in [-0.15, -0.1) is 0 Å². The van der Waals surface area contributed by atoms with E-state index in [9.17, 15) is 4.79 Å². The van der Waals surface area contributed by atoms with Gasteiger partial charge in [0, 0.05) is 36.9 Å². The van der Waals surface area contributed by atoms with Crippen LogP contribution >= 0.6 is 0 Å². The number of amides is 1. The average Bonchev–Trinajstić information content (AvgIpc) is 2.67. The zero-order chi connectivity index (χ0) is 13.8. The fourth-order valence-corrected chi connectivity index (χ4v) is 2.22. The standard InChI is InChI=1S/C13H24N4O/c1-10(8-13(3,4)15-11(2)18)17(5)9-12-6-7-14-16-12/h6-7,10H,8-9H2,1-5H3,(H,14,16)(H,15,18). The van der Waals surface area contributed by atoms with Crippen molar-refractivity contribution in [2.24, 2.45) is 0 Å². The van der Waals surface area contributed by atoms with Crippen molar-refractivity contribution in [3.8, 4) is 0 Å². The lowest BCUT2D eigenvalue weighted by Gasteiger charge is -2.33. The van der Waals surface area contributed by atoms with Crippen molar-refractivity contribution >= 4 is 5.91 Å². The Balaban J connectivity index is 2.48. The van der Waals surface area contributed by atoms with Crippen molar-refractivity contribution in [2.75, 3.05) is 7.05 Å². The number of carbonyl (C=O) groups is 1. The summed E-state index contributed by atoms with van der Waals surface area (Å²) in [4.78, 5) is 13.4. The van der Waals surface area contributed by atoms with Gasteiger partial charge >= 0.3 is 0 Å². The van der Waals surface area contributed by atoms with E-state index in [1.807, 2.05) is 6.07 Å². The number of hydrogen-bond acceptors (Lipinski definition) is 3. The van der Waals surface area contributed by atoms with E-state index in [2.05, 4.69) is 48.2 Å². The molecule has 1 heterocycles. The first-order chi connectivity index (χ1) is 8.30. The first-order valence-electron chi connectivity index (χ1n) is 6.27. The van der Waals surface area contributed by atoms with Crippen molar-refractivity contribution in [3.05, 3.63) is 18.0 Å². The van der Waals surface area contributed by atoms with Crippen LogP contribution in [0.4, 0.5) is 0 Å². The molecule has 1 aromatic rings. The van der Waals surface area contributed by atoms with E-state index in [-0.39, 0.29) is 11.4 Å². The Morgan fingerprint density at radius 2 is 2.28 bits per heavy atom. The van der Waals surface area contributed by atoms with Gasteiger partial charge < -0.3 is 5.32 Å². The third kappa shape index (κ3) is 4.87. The maximum absolute atomic E-state index is 11.1. The monoisotopic (exact) mass is 252 g/mol. The van der Waals surface area contributed by atoms with Gasteiger partial charge in [-0.2, -0.15) is 5.10 Å². The third-order valence-electron chi connectivity index (χ3n) is 3.05. The third-order valence-corrected chi connectivity index (χ3v) is 3.05. The minimum Gasteiger partial charge on any atom is -0.351 e. The van der Waals surface area contributed by atoms with E-state index in [0.29, 0.717) is 6.04 Å². The van der Waals surface area contributed by atoms with Crippen LogP contribution in [0.2, 0.25) is 0 Å². The normalized spacial score (nSPS) is 13.7. The van der Waals surface area contributed by atoms with Crippen molar-refractivity contribution in [1.29, 1.82) is 0 Å². The highest BCUT2D eigenvalue weighted by Gasteiger charge is 2.23. The van der Waals surface area contributed by atoms with Gasteiger partial charge in [0.15, 0.2) is 0 Å². The maximum Gasteiger partial charge on any atom is 0.217 e. The summed E-state index contributed by atoms with van der Waals surface area (Å²) in [7, 11) is 2.08. The minimum absolute atomic E-state index is 0.0171. The van der Waals surface area contributed by atoms with E-state index in [4.69, 9.17) is 0 Å². The Bertz CT molecular complexity index is 372. The Hall–Kier alpha value is -1.36. The van der Waals surface area contributed by atoms with Gasteiger partial charge in [0.2, 0.25) is 5.91 Å². The highest BCUT2D eigenvalue weighted by atomic mass is 16.1. The molecule has 0 bridgehead atoms. The highest BCUT2D eigenvalue weighted by Crippen LogP contribution is 2.16. The molecule has 2 N–H and O–H groups in total. The molecule has 0 spiro atoms. The summed E-state index contributed by atoms with van der Waals surface area (Å²) < 4.78 is 0. The van der Waals surface area contributed by atoms with Gasteiger partial charge in [0.05, 0.1) is 0 Å². The number of hydrogen-bond donors (Lipinski definition) is 2. The van der Waals surface area contributed by atoms with E-state index < -0.39 is 0 Å². The van der Waals surface area contributed by atoms with Crippen LogP contribution in [0.25, 0.3) is 0 Å². The van der Waals surface area contributed by atoms with Crippen LogP contribution in [0.1, 0.15) is 39.8 Å². The van der Waals surface area contributed by atoms with Crippen molar-refractivity contribution in [2.45, 2.75) is 52.2 Å². The molecular formula is C13H24N4O. The summed E-state index contributed by atoms with van der Waals surface area (Å²) in [6.07, 6.45) is 2.66. The van der Waals surface area contributed by atoms with Crippen molar-refractivity contribution < 1.29 is 4.79 Å². The van der Waals surface area contributed by atoms with Gasteiger partial charge in [-0.3, -0.25) is 14.8 Å². The van der Waals surface area contributed by atoms with Crippen LogP contribution in [0, 0.1) is 0 Å². The second kappa shape index (κ2) is 6.00. The Labute approximate surface area is 109 Å². The molecule has 0 aromatic carbocycles. The zero-order valence-electron chi connectivity index (χ0n) is 11.9. The van der Waals surface area contributed by atoms with Crippen molar-refractivity contribution in [3.63, 3.8) is 0 Å². The number of carbonyl (C=O) groups excluding carboxylic acids is 1. The second-order valence-corrected chi connectivity index (χ2v) is 5.62. The smallest absolute Gasteiger partial charge is 0.217 e. The molecule has 1 atom stereocenters. The Morgan fingerprint density at radius 1 is 1.61 bits per heavy atom. The van der Waals surface area contributed by atoms with Gasteiger partial charge in [-0.05, 0) is 40.3 Å². The molecule has 1 rings (SSSR count). The van der Waals surface area contributed by atoms with E-state index in [1.165, 1.54) is 0 Å². The van der Waals surface area contributed by atoms with Crippen LogP contribution in [0.15, 0.2) is 12.3 Å². The zero-order valence-corrected chi connectivity index (χ0v) is 11.9. The fraction of sp³-hybridized carbons (Fsp3) is 0.692. The number of H-pyrrole nitrogens is 1. The Morgan fingerprint density at radius 3 is 2.78 bits per heavy atom. The first kappa shape index (κ1) is 14.7. The Kier molecular flexibility index (Phi) is 4.90. The average molecular weight is 252 g/mol. The molecular weight excluding hydrogens is 228 g/mol. The molecule has 0 saturated carbocycles. The van der Waals surface area contributed by atoms with Crippen LogP contribution in [-0.4, -0.2) is 39.6 Å². The number of aromatic nitrogens is 2. The summed E-state index contributed by atoms with van der Waals surface area (Å²) >= 11 is 0. The molecule has 0 radical (unpaired) electrons. The SMILES string of the molecule is CC(=O)NC(C)(C)CC(C)N(C)Cc1ccn[nH]1. The molecule has 5 heteroatoms. The lowest BCUT2D eigenvalue weighted by Crippen LogP contribution is -2.47. The predicted octanol–water partition coefficient (Wildman–Crippen LogP) is 1.53. The topological polar surface area (TPSA) is 61.0 Å². The molecule has 0 aliphatic heterocycles. The summed E-state index contributed by atoms with van der Waals surface area (Å²) in [6.45, 7) is 8.65. The van der Waals surface area contributed by atoms with Gasteiger partial charge in [0.1, 0.15) is 0 Å². The van der Waals surface area contributed by atoms with Crippen molar-refractivity contribution in [1.82, 2.24) is 20.4 Å². The molecule has 5 nitrogen and oxygen atoms in total. The van der Waals surface area contributed by atoms with Gasteiger partial charge in [-0.1, -0.05) is 0 Å². The molecule has 0 saturated heterocycles. The highest BCUT2D eigenvalue weighted by molar-refractivity contribution is 5.73. The molecule has 0 aliphatic rings. The predicted molar refractivity (Wildman–Crippen MR) is 72.0 cm³/mol. The molecule has 0 aliphatic carbocycles. The first-order valence-corrected chi connectivity index (χ1v) is 6.27. The summed E-state index contributed by atoms with van der Waals surface area (Å²) in [5.41, 5.74) is 0.912. The molecule has 1 amide bonds. The second-order valence-electron chi connectivity index (χ2n) is 5.62. The number of rotatable bonds is 6. The maximum atomic E-state index is 11.1. The largest absolute Gasteiger partial charge is 0.351 e. The van der Waals surface area contributed by atoms with E-state index in [0.717, 1.165) is 18.7 Å². The van der Waals surface area contributed by atoms with E-state index in [1.54, 1.807) is 13.1 Å². The molecule has 1 aromatic heterocycles. The lowest BCUT2D eigenvalue weighted by atomic mass is 9.95. The molecule has 102 valence electrons. The summed E-state index contributed by atoms with van der Waals surface area (Å²) in [5, 5.41) is 9.87. The number of nitrogens with zero attached hydrogens (tertiary/aromatic N) is 2.